The van der Waals surface area contributed by atoms with Gasteiger partial charge in [-0.15, -0.1) is 0 Å². The fourth-order valence-electron chi connectivity index (χ4n) is 1.88. The molecule has 2 heterocycles. The highest BCUT2D eigenvalue weighted by Crippen LogP contribution is 2.21. The monoisotopic (exact) mass is 245 g/mol. The zero-order valence-electron chi connectivity index (χ0n) is 8.90. The first-order valence-electron chi connectivity index (χ1n) is 5.20. The first-order chi connectivity index (χ1) is 8.22. The van der Waals surface area contributed by atoms with E-state index >= 15 is 0 Å². The van der Waals surface area contributed by atoms with E-state index in [1.165, 1.54) is 0 Å². The molecule has 1 aromatic carbocycles. The van der Waals surface area contributed by atoms with Crippen LogP contribution >= 0.6 is 12.2 Å². The SMILES string of the molecule is NC1=N[C@H](c2ccc3[nH]ccc3c2)NC(=S)N1. The molecule has 0 unspecified atom stereocenters. The number of hydrogen-bond donors (Lipinski definition) is 4. The summed E-state index contributed by atoms with van der Waals surface area (Å²) in [7, 11) is 0. The molecule has 2 aromatic rings. The summed E-state index contributed by atoms with van der Waals surface area (Å²) >= 11 is 5.05. The Morgan fingerprint density at radius 1 is 1.29 bits per heavy atom. The Kier molecular flexibility index (Phi) is 2.22. The molecular formula is C11H11N5S. The van der Waals surface area contributed by atoms with Gasteiger partial charge in [0.2, 0.25) is 0 Å². The predicted molar refractivity (Wildman–Crippen MR) is 71.5 cm³/mol. The standard InChI is InChI=1S/C11H11N5S/c12-10-14-9(15-11(17)16-10)7-1-2-8-6(5-7)3-4-13-8/h1-5,9,13H,(H4,12,14,15,16,17)/t9-/m0/s1. The molecule has 5 N–H and O–H groups in total. The van der Waals surface area contributed by atoms with Crippen molar-refractivity contribution in [2.24, 2.45) is 10.7 Å². The molecule has 0 saturated heterocycles. The Morgan fingerprint density at radius 2 is 2.18 bits per heavy atom. The molecular weight excluding hydrogens is 234 g/mol. The van der Waals surface area contributed by atoms with Crippen LogP contribution in [0.2, 0.25) is 0 Å². The van der Waals surface area contributed by atoms with Crippen molar-refractivity contribution < 1.29 is 0 Å². The third kappa shape index (κ3) is 1.83. The first kappa shape index (κ1) is 10.1. The second-order valence-corrected chi connectivity index (χ2v) is 4.25. The van der Waals surface area contributed by atoms with E-state index in [-0.39, 0.29) is 6.17 Å². The summed E-state index contributed by atoms with van der Waals surface area (Å²) in [4.78, 5) is 7.42. The number of aromatic amines is 1. The topological polar surface area (TPSA) is 78.2 Å². The average Bonchev–Trinajstić information content (AvgIpc) is 2.74. The number of nitrogens with two attached hydrogens (primary N) is 1. The van der Waals surface area contributed by atoms with Crippen LogP contribution in [0.3, 0.4) is 0 Å². The van der Waals surface area contributed by atoms with Crippen LogP contribution in [-0.4, -0.2) is 16.1 Å². The molecule has 0 radical (unpaired) electrons. The van der Waals surface area contributed by atoms with Gasteiger partial charge in [0.1, 0.15) is 6.17 Å². The summed E-state index contributed by atoms with van der Waals surface area (Å²) in [5, 5.41) is 7.45. The van der Waals surface area contributed by atoms with Gasteiger partial charge in [-0.05, 0) is 41.4 Å². The Hall–Kier alpha value is -2.08. The minimum atomic E-state index is -0.219. The number of rotatable bonds is 1. The largest absolute Gasteiger partial charge is 0.370 e. The van der Waals surface area contributed by atoms with Gasteiger partial charge in [-0.2, -0.15) is 0 Å². The number of nitrogens with zero attached hydrogens (tertiary/aromatic N) is 1. The third-order valence-electron chi connectivity index (χ3n) is 2.67. The van der Waals surface area contributed by atoms with E-state index < -0.39 is 0 Å². The molecule has 17 heavy (non-hydrogen) atoms. The summed E-state index contributed by atoms with van der Waals surface area (Å²) in [6.07, 6.45) is 1.69. The van der Waals surface area contributed by atoms with Gasteiger partial charge in [-0.1, -0.05) is 6.07 Å². The Balaban J connectivity index is 2.02. The summed E-state index contributed by atoms with van der Waals surface area (Å²) in [5.74, 6) is 0.341. The van der Waals surface area contributed by atoms with E-state index in [1.54, 1.807) is 0 Å². The van der Waals surface area contributed by atoms with Gasteiger partial charge in [0.15, 0.2) is 11.1 Å². The van der Waals surface area contributed by atoms with Crippen molar-refractivity contribution in [3.63, 3.8) is 0 Å². The lowest BCUT2D eigenvalue weighted by Crippen LogP contribution is -2.49. The van der Waals surface area contributed by atoms with Crippen LogP contribution < -0.4 is 16.4 Å². The molecule has 1 aromatic heterocycles. The Labute approximate surface area is 103 Å². The second kappa shape index (κ2) is 3.74. The minimum absolute atomic E-state index is 0.219. The van der Waals surface area contributed by atoms with Crippen molar-refractivity contribution in [3.8, 4) is 0 Å². The highest BCUT2D eigenvalue weighted by atomic mass is 32.1. The Bertz CT molecular complexity index is 615. The number of benzene rings is 1. The number of aromatic nitrogens is 1. The summed E-state index contributed by atoms with van der Waals surface area (Å²) < 4.78 is 0. The lowest BCUT2D eigenvalue weighted by molar-refractivity contribution is 0.661. The van der Waals surface area contributed by atoms with Crippen LogP contribution in [0.1, 0.15) is 11.7 Å². The normalized spacial score (nSPS) is 19.6. The number of hydrogen-bond acceptors (Lipinski definition) is 3. The van der Waals surface area contributed by atoms with E-state index in [1.807, 2.05) is 24.4 Å². The van der Waals surface area contributed by atoms with Gasteiger partial charge in [0, 0.05) is 11.7 Å². The number of thiocarbonyl (C=S) groups is 1. The van der Waals surface area contributed by atoms with Gasteiger partial charge in [0.05, 0.1) is 0 Å². The van der Waals surface area contributed by atoms with Crippen molar-refractivity contribution in [2.45, 2.75) is 6.17 Å². The molecule has 86 valence electrons. The molecule has 1 aliphatic rings. The Morgan fingerprint density at radius 3 is 3.00 bits per heavy atom. The maximum Gasteiger partial charge on any atom is 0.197 e. The third-order valence-corrected chi connectivity index (χ3v) is 2.89. The second-order valence-electron chi connectivity index (χ2n) is 3.84. The van der Waals surface area contributed by atoms with Crippen molar-refractivity contribution in [1.82, 2.24) is 15.6 Å². The zero-order valence-corrected chi connectivity index (χ0v) is 9.71. The highest BCUT2D eigenvalue weighted by Gasteiger charge is 2.17. The molecule has 0 bridgehead atoms. The van der Waals surface area contributed by atoms with Crippen LogP contribution in [0.5, 0.6) is 0 Å². The molecule has 3 rings (SSSR count). The molecule has 1 aliphatic heterocycles. The number of fused-ring (bicyclic) bond motifs is 1. The molecule has 1 atom stereocenters. The molecule has 5 nitrogen and oxygen atoms in total. The number of guanidine groups is 1. The van der Waals surface area contributed by atoms with Gasteiger partial charge in [-0.3, -0.25) is 0 Å². The van der Waals surface area contributed by atoms with E-state index in [0.717, 1.165) is 16.5 Å². The number of H-pyrrole nitrogens is 1. The maximum atomic E-state index is 5.65. The molecule has 0 aliphatic carbocycles. The summed E-state index contributed by atoms with van der Waals surface area (Å²) in [6, 6.07) is 8.10. The zero-order chi connectivity index (χ0) is 11.8. The smallest absolute Gasteiger partial charge is 0.197 e. The van der Waals surface area contributed by atoms with Crippen molar-refractivity contribution in [2.75, 3.05) is 0 Å². The molecule has 0 amide bonds. The molecule has 6 heteroatoms. The quantitative estimate of drug-likeness (QED) is 0.564. The van der Waals surface area contributed by atoms with Gasteiger partial charge < -0.3 is 21.4 Å². The molecule has 0 fully saturated rings. The lowest BCUT2D eigenvalue weighted by Gasteiger charge is -2.23. The fraction of sp³-hybridized carbons (Fsp3) is 0.0909. The lowest BCUT2D eigenvalue weighted by atomic mass is 10.1. The van der Waals surface area contributed by atoms with Crippen LogP contribution in [0, 0.1) is 0 Å². The van der Waals surface area contributed by atoms with Crippen LogP contribution in [-0.2, 0) is 0 Å². The van der Waals surface area contributed by atoms with E-state index in [9.17, 15) is 0 Å². The van der Waals surface area contributed by atoms with Crippen molar-refractivity contribution in [1.29, 1.82) is 0 Å². The van der Waals surface area contributed by atoms with Crippen LogP contribution in [0.4, 0.5) is 0 Å². The van der Waals surface area contributed by atoms with Crippen molar-refractivity contribution in [3.05, 3.63) is 36.0 Å². The highest BCUT2D eigenvalue weighted by molar-refractivity contribution is 7.80. The van der Waals surface area contributed by atoms with E-state index in [0.29, 0.717) is 11.1 Å². The van der Waals surface area contributed by atoms with Gasteiger partial charge in [0.25, 0.3) is 0 Å². The first-order valence-corrected chi connectivity index (χ1v) is 5.61. The van der Waals surface area contributed by atoms with Gasteiger partial charge in [-0.25, -0.2) is 4.99 Å². The number of nitrogens with one attached hydrogen (secondary N) is 3. The van der Waals surface area contributed by atoms with E-state index in [2.05, 4.69) is 26.7 Å². The van der Waals surface area contributed by atoms with Crippen molar-refractivity contribution >= 4 is 34.2 Å². The predicted octanol–water partition coefficient (Wildman–Crippen LogP) is 0.959. The summed E-state index contributed by atoms with van der Waals surface area (Å²) in [5.41, 5.74) is 7.78. The number of aliphatic imine (C=N–C) groups is 1. The average molecular weight is 245 g/mol. The molecule has 0 saturated carbocycles. The maximum absolute atomic E-state index is 5.65. The molecule has 0 spiro atoms. The van der Waals surface area contributed by atoms with E-state index in [4.69, 9.17) is 18.0 Å². The summed E-state index contributed by atoms with van der Waals surface area (Å²) in [6.45, 7) is 0. The van der Waals surface area contributed by atoms with Crippen LogP contribution in [0.25, 0.3) is 10.9 Å². The van der Waals surface area contributed by atoms with Gasteiger partial charge >= 0.3 is 0 Å². The minimum Gasteiger partial charge on any atom is -0.370 e. The fourth-order valence-corrected chi connectivity index (χ4v) is 2.10. The van der Waals surface area contributed by atoms with Crippen LogP contribution in [0.15, 0.2) is 35.5 Å².